The van der Waals surface area contributed by atoms with Crippen molar-refractivity contribution in [1.29, 1.82) is 0 Å². The van der Waals surface area contributed by atoms with Gasteiger partial charge in [0, 0.05) is 6.54 Å². The average molecular weight is 398 g/mol. The third kappa shape index (κ3) is 3.14. The third-order valence-electron chi connectivity index (χ3n) is 5.27. The predicted octanol–water partition coefficient (Wildman–Crippen LogP) is 5.01. The second kappa shape index (κ2) is 6.89. The van der Waals surface area contributed by atoms with Crippen LogP contribution < -0.4 is 0 Å². The molecule has 1 aliphatic rings. The largest absolute Gasteiger partial charge is 0.244 e. The number of nitrogens with zero attached hydrogens (tertiary/aromatic N) is 1. The Morgan fingerprint density at radius 2 is 1.74 bits per heavy atom. The average Bonchev–Trinajstić information content (AvgIpc) is 3.13. The van der Waals surface area contributed by atoms with Crippen molar-refractivity contribution in [2.24, 2.45) is 0 Å². The summed E-state index contributed by atoms with van der Waals surface area (Å²) in [5, 5.41) is 4.07. The zero-order valence-corrected chi connectivity index (χ0v) is 17.4. The van der Waals surface area contributed by atoms with Crippen molar-refractivity contribution in [3.05, 3.63) is 86.6 Å². The molecule has 2 aromatic carbocycles. The molecule has 3 nitrogen and oxygen atoms in total. The molecule has 0 aliphatic carbocycles. The van der Waals surface area contributed by atoms with E-state index in [1.165, 1.54) is 5.56 Å². The van der Waals surface area contributed by atoms with Gasteiger partial charge in [-0.2, -0.15) is 15.6 Å². The Morgan fingerprint density at radius 1 is 1.04 bits per heavy atom. The van der Waals surface area contributed by atoms with E-state index >= 15 is 0 Å². The maximum Gasteiger partial charge on any atom is 0.244 e. The first-order valence-electron chi connectivity index (χ1n) is 9.09. The fourth-order valence-corrected chi connectivity index (χ4v) is 6.96. The van der Waals surface area contributed by atoms with E-state index in [4.69, 9.17) is 0 Å². The Labute approximate surface area is 165 Å². The Balaban J connectivity index is 1.90. The van der Waals surface area contributed by atoms with Gasteiger partial charge in [-0.05, 0) is 71.8 Å². The van der Waals surface area contributed by atoms with Gasteiger partial charge in [-0.15, -0.1) is 0 Å². The third-order valence-corrected chi connectivity index (χ3v) is 8.14. The van der Waals surface area contributed by atoms with Crippen molar-refractivity contribution >= 4 is 21.4 Å². The van der Waals surface area contributed by atoms with Gasteiger partial charge in [-0.25, -0.2) is 8.42 Å². The number of hydrogen-bond acceptors (Lipinski definition) is 3. The lowest BCUT2D eigenvalue weighted by Gasteiger charge is -2.37. The maximum absolute atomic E-state index is 13.8. The number of rotatable bonds is 3. The highest BCUT2D eigenvalue weighted by molar-refractivity contribution is 7.89. The number of thiophene rings is 1. The van der Waals surface area contributed by atoms with Crippen LogP contribution >= 0.6 is 11.3 Å². The highest BCUT2D eigenvalue weighted by atomic mass is 32.2. The van der Waals surface area contributed by atoms with Crippen LogP contribution in [0, 0.1) is 20.8 Å². The van der Waals surface area contributed by atoms with Crippen molar-refractivity contribution in [2.45, 2.75) is 38.1 Å². The Hall–Kier alpha value is -1.95. The zero-order chi connectivity index (χ0) is 19.2. The molecule has 0 saturated heterocycles. The molecule has 140 valence electrons. The van der Waals surface area contributed by atoms with Crippen LogP contribution in [0.2, 0.25) is 0 Å². The van der Waals surface area contributed by atoms with Crippen molar-refractivity contribution in [3.63, 3.8) is 0 Å². The van der Waals surface area contributed by atoms with E-state index in [2.05, 4.69) is 17.5 Å². The van der Waals surface area contributed by atoms with Gasteiger partial charge in [-0.1, -0.05) is 42.0 Å². The smallest absolute Gasteiger partial charge is 0.207 e. The van der Waals surface area contributed by atoms with E-state index < -0.39 is 10.0 Å². The summed E-state index contributed by atoms with van der Waals surface area (Å²) in [7, 11) is -3.62. The Morgan fingerprint density at radius 3 is 2.41 bits per heavy atom. The Kier molecular flexibility index (Phi) is 4.70. The molecule has 0 amide bonds. The lowest BCUT2D eigenvalue weighted by atomic mass is 9.91. The van der Waals surface area contributed by atoms with Crippen LogP contribution in [0.1, 0.15) is 39.4 Å². The van der Waals surface area contributed by atoms with E-state index in [-0.39, 0.29) is 6.04 Å². The fraction of sp³-hybridized carbons (Fsp3) is 0.273. The quantitative estimate of drug-likeness (QED) is 0.623. The molecule has 0 spiro atoms. The highest BCUT2D eigenvalue weighted by Crippen LogP contribution is 2.40. The van der Waals surface area contributed by atoms with Crippen LogP contribution in [0.3, 0.4) is 0 Å². The van der Waals surface area contributed by atoms with Crippen molar-refractivity contribution in [1.82, 2.24) is 4.31 Å². The molecule has 4 rings (SSSR count). The van der Waals surface area contributed by atoms with Crippen LogP contribution in [-0.4, -0.2) is 19.3 Å². The van der Waals surface area contributed by atoms with Crippen LogP contribution in [0.15, 0.2) is 58.1 Å². The van der Waals surface area contributed by atoms with E-state index in [0.717, 1.165) is 34.2 Å². The van der Waals surface area contributed by atoms with Crippen molar-refractivity contribution in [2.75, 3.05) is 6.54 Å². The minimum absolute atomic E-state index is 0.272. The van der Waals surface area contributed by atoms with Gasteiger partial charge in [0.05, 0.1) is 10.9 Å². The SMILES string of the molecule is Cc1cc(C)c(S(=O)(=O)N2CCc3ccccc3C2c2ccsc2)c(C)c1. The molecule has 1 atom stereocenters. The minimum Gasteiger partial charge on any atom is -0.207 e. The number of aryl methyl sites for hydroxylation is 3. The van der Waals surface area contributed by atoms with Crippen LogP contribution in [0.5, 0.6) is 0 Å². The molecule has 3 aromatic rings. The van der Waals surface area contributed by atoms with Gasteiger partial charge >= 0.3 is 0 Å². The van der Waals surface area contributed by atoms with E-state index in [1.807, 2.05) is 56.5 Å². The molecule has 5 heteroatoms. The number of hydrogen-bond donors (Lipinski definition) is 0. The number of fused-ring (bicyclic) bond motifs is 1. The molecule has 1 unspecified atom stereocenters. The summed E-state index contributed by atoms with van der Waals surface area (Å²) in [5.41, 5.74) is 6.08. The summed E-state index contributed by atoms with van der Waals surface area (Å²) in [6, 6.07) is 13.9. The van der Waals surface area contributed by atoms with Gasteiger partial charge in [0.2, 0.25) is 10.0 Å². The monoisotopic (exact) mass is 397 g/mol. The lowest BCUT2D eigenvalue weighted by Crippen LogP contribution is -2.40. The van der Waals surface area contributed by atoms with Gasteiger partial charge < -0.3 is 0 Å². The fourth-order valence-electron chi connectivity index (χ4n) is 4.27. The summed E-state index contributed by atoms with van der Waals surface area (Å²) in [5.74, 6) is 0. The van der Waals surface area contributed by atoms with Crippen LogP contribution in [-0.2, 0) is 16.4 Å². The number of benzene rings is 2. The molecule has 0 fully saturated rings. The summed E-state index contributed by atoms with van der Waals surface area (Å²) in [6.07, 6.45) is 0.736. The molecule has 1 aromatic heterocycles. The number of sulfonamides is 1. The molecular formula is C22H23NO2S2. The molecular weight excluding hydrogens is 374 g/mol. The molecule has 0 bridgehead atoms. The van der Waals surface area contributed by atoms with Gasteiger partial charge in [0.1, 0.15) is 0 Å². The standard InChI is InChI=1S/C22H23NO2S2/c1-15-12-16(2)22(17(3)13-15)27(24,25)23-10-8-18-6-4-5-7-20(18)21(23)19-9-11-26-14-19/h4-7,9,11-14,21H,8,10H2,1-3H3. The maximum atomic E-state index is 13.8. The predicted molar refractivity (Wildman–Crippen MR) is 111 cm³/mol. The summed E-state index contributed by atoms with van der Waals surface area (Å²) >= 11 is 1.60. The topological polar surface area (TPSA) is 37.4 Å². The summed E-state index contributed by atoms with van der Waals surface area (Å²) in [4.78, 5) is 0.452. The zero-order valence-electron chi connectivity index (χ0n) is 15.8. The van der Waals surface area contributed by atoms with Crippen molar-refractivity contribution < 1.29 is 8.42 Å². The Bertz CT molecular complexity index is 1060. The van der Waals surface area contributed by atoms with Crippen molar-refractivity contribution in [3.8, 4) is 0 Å². The normalized spacial score (nSPS) is 17.7. The molecule has 1 aliphatic heterocycles. The van der Waals surface area contributed by atoms with Gasteiger partial charge in [0.25, 0.3) is 0 Å². The van der Waals surface area contributed by atoms with Crippen LogP contribution in [0.25, 0.3) is 0 Å². The lowest BCUT2D eigenvalue weighted by molar-refractivity contribution is 0.344. The first-order valence-corrected chi connectivity index (χ1v) is 11.5. The molecule has 27 heavy (non-hydrogen) atoms. The summed E-state index contributed by atoms with van der Waals surface area (Å²) in [6.45, 7) is 6.28. The molecule has 0 saturated carbocycles. The summed E-state index contributed by atoms with van der Waals surface area (Å²) < 4.78 is 29.3. The second-order valence-electron chi connectivity index (χ2n) is 7.25. The second-order valence-corrected chi connectivity index (χ2v) is 9.86. The van der Waals surface area contributed by atoms with Crippen LogP contribution in [0.4, 0.5) is 0 Å². The van der Waals surface area contributed by atoms with E-state index in [9.17, 15) is 8.42 Å². The van der Waals surface area contributed by atoms with Gasteiger partial charge in [0.15, 0.2) is 0 Å². The van der Waals surface area contributed by atoms with E-state index in [1.54, 1.807) is 15.6 Å². The highest BCUT2D eigenvalue weighted by Gasteiger charge is 2.38. The van der Waals surface area contributed by atoms with Gasteiger partial charge in [-0.3, -0.25) is 0 Å². The first-order chi connectivity index (χ1) is 12.9. The first kappa shape index (κ1) is 18.4. The molecule has 0 N–H and O–H groups in total. The molecule has 0 radical (unpaired) electrons. The van der Waals surface area contributed by atoms with E-state index in [0.29, 0.717) is 11.4 Å². The minimum atomic E-state index is -3.62. The molecule has 2 heterocycles.